The standard InChI is InChI=1S/C8H11NOS/c9-8(10)4-1-2-7-6(8)3-5-11-7/h3,5,10H,1-2,4,9H2. The van der Waals surface area contributed by atoms with Gasteiger partial charge in [0.1, 0.15) is 5.72 Å². The highest BCUT2D eigenvalue weighted by Gasteiger charge is 2.30. The lowest BCUT2D eigenvalue weighted by atomic mass is 9.91. The molecule has 0 amide bonds. The van der Waals surface area contributed by atoms with Gasteiger partial charge in [-0.2, -0.15) is 0 Å². The molecule has 3 N–H and O–H groups in total. The SMILES string of the molecule is NC1(O)CCCc2sccc21. The highest BCUT2D eigenvalue weighted by Crippen LogP contribution is 2.34. The van der Waals surface area contributed by atoms with Gasteiger partial charge in [-0.05, 0) is 30.7 Å². The third kappa shape index (κ3) is 1.09. The van der Waals surface area contributed by atoms with Gasteiger partial charge in [0.05, 0.1) is 0 Å². The fraction of sp³-hybridized carbons (Fsp3) is 0.500. The predicted octanol–water partition coefficient (Wildman–Crippen LogP) is 1.19. The minimum absolute atomic E-state index is 0.691. The third-order valence-corrected chi connectivity index (χ3v) is 3.15. The topological polar surface area (TPSA) is 46.2 Å². The van der Waals surface area contributed by atoms with E-state index in [1.807, 2.05) is 11.4 Å². The van der Waals surface area contributed by atoms with E-state index in [1.165, 1.54) is 4.88 Å². The number of thiophene rings is 1. The molecule has 0 radical (unpaired) electrons. The van der Waals surface area contributed by atoms with E-state index in [0.717, 1.165) is 18.4 Å². The molecule has 0 fully saturated rings. The van der Waals surface area contributed by atoms with Crippen LogP contribution in [0.3, 0.4) is 0 Å². The van der Waals surface area contributed by atoms with Crippen molar-refractivity contribution in [1.29, 1.82) is 0 Å². The predicted molar refractivity (Wildman–Crippen MR) is 45.3 cm³/mol. The van der Waals surface area contributed by atoms with E-state index in [4.69, 9.17) is 5.73 Å². The summed E-state index contributed by atoms with van der Waals surface area (Å²) in [5.74, 6) is 0. The van der Waals surface area contributed by atoms with E-state index >= 15 is 0 Å². The maximum Gasteiger partial charge on any atom is 0.140 e. The van der Waals surface area contributed by atoms with Crippen molar-refractivity contribution in [3.63, 3.8) is 0 Å². The van der Waals surface area contributed by atoms with Gasteiger partial charge in [0.15, 0.2) is 0 Å². The summed E-state index contributed by atoms with van der Waals surface area (Å²) in [5, 5.41) is 11.7. The van der Waals surface area contributed by atoms with Crippen molar-refractivity contribution in [3.05, 3.63) is 21.9 Å². The Morgan fingerprint density at radius 1 is 1.64 bits per heavy atom. The normalized spacial score (nSPS) is 30.0. The van der Waals surface area contributed by atoms with Gasteiger partial charge in [0.25, 0.3) is 0 Å². The lowest BCUT2D eigenvalue weighted by molar-refractivity contribution is 0.0263. The molecule has 11 heavy (non-hydrogen) atoms. The molecule has 1 aliphatic rings. The molecular weight excluding hydrogens is 158 g/mol. The number of hydrogen-bond acceptors (Lipinski definition) is 3. The van der Waals surface area contributed by atoms with Crippen molar-refractivity contribution >= 4 is 11.3 Å². The van der Waals surface area contributed by atoms with Gasteiger partial charge in [-0.1, -0.05) is 0 Å². The van der Waals surface area contributed by atoms with Crippen LogP contribution in [0.2, 0.25) is 0 Å². The van der Waals surface area contributed by atoms with Crippen LogP contribution < -0.4 is 5.73 Å². The Labute approximate surface area is 69.7 Å². The van der Waals surface area contributed by atoms with Crippen LogP contribution in [0.25, 0.3) is 0 Å². The largest absolute Gasteiger partial charge is 0.372 e. The van der Waals surface area contributed by atoms with Crippen LogP contribution in [0.15, 0.2) is 11.4 Å². The van der Waals surface area contributed by atoms with Gasteiger partial charge < -0.3 is 5.11 Å². The number of nitrogens with two attached hydrogens (primary N) is 1. The van der Waals surface area contributed by atoms with Crippen LogP contribution in [0.1, 0.15) is 23.3 Å². The zero-order chi connectivity index (χ0) is 7.90. The van der Waals surface area contributed by atoms with Crippen molar-refractivity contribution in [1.82, 2.24) is 0 Å². The number of fused-ring (bicyclic) bond motifs is 1. The summed E-state index contributed by atoms with van der Waals surface area (Å²) in [6, 6.07) is 1.93. The van der Waals surface area contributed by atoms with Crippen LogP contribution >= 0.6 is 11.3 Å². The number of aryl methyl sites for hydroxylation is 1. The highest BCUT2D eigenvalue weighted by molar-refractivity contribution is 7.10. The number of hydrogen-bond donors (Lipinski definition) is 2. The molecule has 1 aliphatic carbocycles. The highest BCUT2D eigenvalue weighted by atomic mass is 32.1. The molecule has 0 saturated heterocycles. The van der Waals surface area contributed by atoms with Crippen molar-refractivity contribution in [2.45, 2.75) is 25.0 Å². The molecule has 1 unspecified atom stereocenters. The van der Waals surface area contributed by atoms with Crippen LogP contribution in [-0.4, -0.2) is 5.11 Å². The van der Waals surface area contributed by atoms with E-state index < -0.39 is 5.72 Å². The van der Waals surface area contributed by atoms with Crippen molar-refractivity contribution in [3.8, 4) is 0 Å². The van der Waals surface area contributed by atoms with Crippen LogP contribution in [0.5, 0.6) is 0 Å². The summed E-state index contributed by atoms with van der Waals surface area (Å²) < 4.78 is 0. The van der Waals surface area contributed by atoms with Crippen molar-refractivity contribution in [2.24, 2.45) is 5.73 Å². The van der Waals surface area contributed by atoms with Gasteiger partial charge in [0, 0.05) is 10.4 Å². The molecule has 3 heteroatoms. The van der Waals surface area contributed by atoms with Gasteiger partial charge >= 0.3 is 0 Å². The third-order valence-electron chi connectivity index (χ3n) is 2.17. The monoisotopic (exact) mass is 169 g/mol. The molecule has 0 aliphatic heterocycles. The number of rotatable bonds is 0. The maximum atomic E-state index is 9.70. The molecule has 2 nitrogen and oxygen atoms in total. The Kier molecular flexibility index (Phi) is 1.52. The molecular formula is C8H11NOS. The van der Waals surface area contributed by atoms with Crippen molar-refractivity contribution in [2.75, 3.05) is 0 Å². The molecule has 0 saturated carbocycles. The molecule has 2 rings (SSSR count). The maximum absolute atomic E-state index is 9.70. The molecule has 1 aromatic rings. The molecule has 0 spiro atoms. The molecule has 0 bridgehead atoms. The lowest BCUT2D eigenvalue weighted by Crippen LogP contribution is -2.38. The van der Waals surface area contributed by atoms with E-state index in [-0.39, 0.29) is 0 Å². The second kappa shape index (κ2) is 2.30. The second-order valence-corrected chi connectivity index (χ2v) is 4.04. The Hall–Kier alpha value is -0.380. The van der Waals surface area contributed by atoms with Crippen LogP contribution in [-0.2, 0) is 12.1 Å². The second-order valence-electron chi connectivity index (χ2n) is 3.04. The molecule has 60 valence electrons. The summed E-state index contributed by atoms with van der Waals surface area (Å²) in [5.41, 5.74) is 5.59. The van der Waals surface area contributed by atoms with Crippen LogP contribution in [0, 0.1) is 0 Å². The van der Waals surface area contributed by atoms with E-state index in [2.05, 4.69) is 0 Å². The fourth-order valence-electron chi connectivity index (χ4n) is 1.57. The summed E-state index contributed by atoms with van der Waals surface area (Å²) in [4.78, 5) is 1.25. The first-order chi connectivity index (χ1) is 5.20. The van der Waals surface area contributed by atoms with Crippen molar-refractivity contribution < 1.29 is 5.11 Å². The quantitative estimate of drug-likeness (QED) is 0.573. The minimum Gasteiger partial charge on any atom is -0.372 e. The summed E-state index contributed by atoms with van der Waals surface area (Å²) in [6.45, 7) is 0. The zero-order valence-electron chi connectivity index (χ0n) is 6.21. The molecule has 1 heterocycles. The molecule has 0 aromatic carbocycles. The Morgan fingerprint density at radius 2 is 2.45 bits per heavy atom. The summed E-state index contributed by atoms with van der Waals surface area (Å²) in [7, 11) is 0. The van der Waals surface area contributed by atoms with E-state index in [1.54, 1.807) is 11.3 Å². The molecule has 1 aromatic heterocycles. The molecule has 1 atom stereocenters. The minimum atomic E-state index is -1.05. The first kappa shape index (κ1) is 7.28. The first-order valence-electron chi connectivity index (χ1n) is 3.78. The summed E-state index contributed by atoms with van der Waals surface area (Å²) >= 11 is 1.69. The Bertz CT molecular complexity index is 267. The van der Waals surface area contributed by atoms with Gasteiger partial charge in [0.2, 0.25) is 0 Å². The fourth-order valence-corrected chi connectivity index (χ4v) is 2.58. The van der Waals surface area contributed by atoms with Crippen LogP contribution in [0.4, 0.5) is 0 Å². The average molecular weight is 169 g/mol. The average Bonchev–Trinajstić information content (AvgIpc) is 2.34. The Balaban J connectivity index is 2.48. The Morgan fingerprint density at radius 3 is 3.18 bits per heavy atom. The number of aliphatic hydroxyl groups is 1. The van der Waals surface area contributed by atoms with E-state index in [9.17, 15) is 5.11 Å². The van der Waals surface area contributed by atoms with Gasteiger partial charge in [-0.3, -0.25) is 5.73 Å². The lowest BCUT2D eigenvalue weighted by Gasteiger charge is -2.27. The van der Waals surface area contributed by atoms with Gasteiger partial charge in [-0.15, -0.1) is 11.3 Å². The first-order valence-corrected chi connectivity index (χ1v) is 4.66. The van der Waals surface area contributed by atoms with Gasteiger partial charge in [-0.25, -0.2) is 0 Å². The van der Waals surface area contributed by atoms with E-state index in [0.29, 0.717) is 6.42 Å². The smallest absolute Gasteiger partial charge is 0.140 e. The zero-order valence-corrected chi connectivity index (χ0v) is 7.03. The summed E-state index contributed by atoms with van der Waals surface area (Å²) in [6.07, 6.45) is 2.77.